The molecule has 1 aromatic rings. The summed E-state index contributed by atoms with van der Waals surface area (Å²) in [5.74, 6) is -1.13. The number of carbonyl (C=O) groups is 2. The van der Waals surface area contributed by atoms with Gasteiger partial charge in [0, 0.05) is 6.54 Å². The zero-order chi connectivity index (χ0) is 14.0. The molecule has 0 spiro atoms. The minimum Gasteiger partial charge on any atom is -0.496 e. The monoisotopic (exact) mass is 263 g/mol. The summed E-state index contributed by atoms with van der Waals surface area (Å²) in [6.07, 6.45) is 0.447. The van der Waals surface area contributed by atoms with E-state index >= 15 is 0 Å². The van der Waals surface area contributed by atoms with Crippen molar-refractivity contribution in [2.24, 2.45) is 11.8 Å². The summed E-state index contributed by atoms with van der Waals surface area (Å²) in [4.78, 5) is 22.4. The molecule has 5 heteroatoms. The van der Waals surface area contributed by atoms with Crippen LogP contribution < -0.4 is 10.1 Å². The van der Waals surface area contributed by atoms with Crippen LogP contribution in [0.4, 0.5) is 0 Å². The second-order valence-corrected chi connectivity index (χ2v) is 4.81. The third kappa shape index (κ3) is 3.05. The van der Waals surface area contributed by atoms with Crippen LogP contribution in [0.25, 0.3) is 0 Å². The van der Waals surface area contributed by atoms with Crippen molar-refractivity contribution < 1.29 is 19.4 Å². The van der Waals surface area contributed by atoms with Crippen LogP contribution in [0.1, 0.15) is 17.5 Å². The Balaban J connectivity index is 1.87. The maximum absolute atomic E-state index is 11.7. The lowest BCUT2D eigenvalue weighted by atomic mass is 10.1. The first kappa shape index (κ1) is 13.4. The van der Waals surface area contributed by atoms with E-state index in [1.54, 1.807) is 7.11 Å². The lowest BCUT2D eigenvalue weighted by Crippen LogP contribution is -2.25. The fraction of sp³-hybridized carbons (Fsp3) is 0.429. The number of hydrogen-bond acceptors (Lipinski definition) is 3. The van der Waals surface area contributed by atoms with Gasteiger partial charge in [0.2, 0.25) is 5.91 Å². The molecule has 0 bridgehead atoms. The van der Waals surface area contributed by atoms with Crippen molar-refractivity contribution in [3.05, 3.63) is 29.3 Å². The smallest absolute Gasteiger partial charge is 0.307 e. The maximum atomic E-state index is 11.7. The molecule has 2 atom stereocenters. The van der Waals surface area contributed by atoms with Crippen molar-refractivity contribution in [2.45, 2.75) is 19.9 Å². The van der Waals surface area contributed by atoms with Gasteiger partial charge in [0.1, 0.15) is 5.75 Å². The van der Waals surface area contributed by atoms with Gasteiger partial charge in [-0.1, -0.05) is 12.1 Å². The number of carboxylic acids is 1. The van der Waals surface area contributed by atoms with Gasteiger partial charge in [-0.25, -0.2) is 0 Å². The molecule has 0 heterocycles. The first-order chi connectivity index (χ1) is 9.02. The highest BCUT2D eigenvalue weighted by Gasteiger charge is 2.48. The summed E-state index contributed by atoms with van der Waals surface area (Å²) in [7, 11) is 1.61. The van der Waals surface area contributed by atoms with Crippen LogP contribution in [-0.4, -0.2) is 24.1 Å². The van der Waals surface area contributed by atoms with Gasteiger partial charge in [0.25, 0.3) is 0 Å². The summed E-state index contributed by atoms with van der Waals surface area (Å²) in [6, 6.07) is 5.68. The minimum atomic E-state index is -0.888. The highest BCUT2D eigenvalue weighted by Crippen LogP contribution is 2.38. The van der Waals surface area contributed by atoms with E-state index in [-0.39, 0.29) is 11.8 Å². The number of carbonyl (C=O) groups excluding carboxylic acids is 1. The molecule has 2 rings (SSSR count). The Morgan fingerprint density at radius 1 is 1.42 bits per heavy atom. The van der Waals surface area contributed by atoms with Crippen LogP contribution in [0.15, 0.2) is 18.2 Å². The van der Waals surface area contributed by atoms with Crippen LogP contribution >= 0.6 is 0 Å². The van der Waals surface area contributed by atoms with E-state index < -0.39 is 11.9 Å². The van der Waals surface area contributed by atoms with E-state index in [1.807, 2.05) is 25.1 Å². The fourth-order valence-electron chi connectivity index (χ4n) is 2.13. The SMILES string of the molecule is COc1ccc(CNC(=O)[C@@H]2C[C@H]2C(=O)O)cc1C. The van der Waals surface area contributed by atoms with Gasteiger partial charge in [-0.2, -0.15) is 0 Å². The Morgan fingerprint density at radius 2 is 2.16 bits per heavy atom. The number of nitrogens with one attached hydrogen (secondary N) is 1. The molecule has 1 amide bonds. The van der Waals surface area contributed by atoms with Crippen molar-refractivity contribution >= 4 is 11.9 Å². The number of rotatable bonds is 5. The Labute approximate surface area is 111 Å². The molecule has 102 valence electrons. The molecule has 0 aromatic heterocycles. The molecule has 1 aliphatic carbocycles. The number of aliphatic carboxylic acids is 1. The third-order valence-electron chi connectivity index (χ3n) is 3.37. The number of aryl methyl sites for hydroxylation is 1. The van der Waals surface area contributed by atoms with Gasteiger partial charge >= 0.3 is 5.97 Å². The van der Waals surface area contributed by atoms with Gasteiger partial charge in [-0.15, -0.1) is 0 Å². The van der Waals surface area contributed by atoms with E-state index in [0.717, 1.165) is 16.9 Å². The average molecular weight is 263 g/mol. The Hall–Kier alpha value is -2.04. The van der Waals surface area contributed by atoms with Crippen molar-refractivity contribution in [3.63, 3.8) is 0 Å². The number of methoxy groups -OCH3 is 1. The lowest BCUT2D eigenvalue weighted by Gasteiger charge is -2.08. The van der Waals surface area contributed by atoms with Crippen LogP contribution in [-0.2, 0) is 16.1 Å². The van der Waals surface area contributed by atoms with E-state index in [2.05, 4.69) is 5.32 Å². The minimum absolute atomic E-state index is 0.180. The molecule has 1 aromatic carbocycles. The normalized spacial score (nSPS) is 20.7. The number of amides is 1. The second kappa shape index (κ2) is 5.30. The summed E-state index contributed by atoms with van der Waals surface area (Å²) in [5, 5.41) is 11.5. The molecule has 0 aliphatic heterocycles. The van der Waals surface area contributed by atoms with E-state index in [4.69, 9.17) is 9.84 Å². The van der Waals surface area contributed by atoms with Crippen molar-refractivity contribution in [1.29, 1.82) is 0 Å². The van der Waals surface area contributed by atoms with Crippen molar-refractivity contribution in [3.8, 4) is 5.75 Å². The zero-order valence-corrected chi connectivity index (χ0v) is 11.0. The van der Waals surface area contributed by atoms with Gasteiger partial charge in [0.05, 0.1) is 18.9 Å². The summed E-state index contributed by atoms with van der Waals surface area (Å²) in [6.45, 7) is 2.35. The zero-order valence-electron chi connectivity index (χ0n) is 11.0. The number of carboxylic acid groups (broad SMARTS) is 1. The first-order valence-electron chi connectivity index (χ1n) is 6.17. The Morgan fingerprint density at radius 3 is 2.68 bits per heavy atom. The predicted octanol–water partition coefficient (Wildman–Crippen LogP) is 1.34. The van der Waals surface area contributed by atoms with Gasteiger partial charge in [0.15, 0.2) is 0 Å². The topological polar surface area (TPSA) is 75.6 Å². The molecule has 5 nitrogen and oxygen atoms in total. The van der Waals surface area contributed by atoms with Crippen LogP contribution in [0.5, 0.6) is 5.75 Å². The molecule has 1 aliphatic rings. The van der Waals surface area contributed by atoms with Gasteiger partial charge in [-0.05, 0) is 30.5 Å². The number of benzene rings is 1. The van der Waals surface area contributed by atoms with Crippen molar-refractivity contribution in [1.82, 2.24) is 5.32 Å². The maximum Gasteiger partial charge on any atom is 0.307 e. The Kier molecular flexibility index (Phi) is 3.74. The van der Waals surface area contributed by atoms with E-state index in [0.29, 0.717) is 13.0 Å². The van der Waals surface area contributed by atoms with E-state index in [1.165, 1.54) is 0 Å². The van der Waals surface area contributed by atoms with E-state index in [9.17, 15) is 9.59 Å². The average Bonchev–Trinajstić information content (AvgIpc) is 3.16. The van der Waals surface area contributed by atoms with Crippen molar-refractivity contribution in [2.75, 3.05) is 7.11 Å². The third-order valence-corrected chi connectivity index (χ3v) is 3.37. The molecule has 2 N–H and O–H groups in total. The predicted molar refractivity (Wildman–Crippen MR) is 68.8 cm³/mol. The molecule has 0 saturated heterocycles. The van der Waals surface area contributed by atoms with Gasteiger partial charge in [-0.3, -0.25) is 9.59 Å². The number of hydrogen-bond donors (Lipinski definition) is 2. The Bertz CT molecular complexity index is 512. The summed E-state index contributed by atoms with van der Waals surface area (Å²) in [5.41, 5.74) is 1.98. The first-order valence-corrected chi connectivity index (χ1v) is 6.17. The lowest BCUT2D eigenvalue weighted by molar-refractivity contribution is -0.140. The largest absolute Gasteiger partial charge is 0.496 e. The molecule has 0 unspecified atom stereocenters. The second-order valence-electron chi connectivity index (χ2n) is 4.81. The highest BCUT2D eigenvalue weighted by molar-refractivity contribution is 5.89. The molecule has 1 saturated carbocycles. The van der Waals surface area contributed by atoms with Crippen LogP contribution in [0.2, 0.25) is 0 Å². The van der Waals surface area contributed by atoms with Crippen LogP contribution in [0.3, 0.4) is 0 Å². The molecular formula is C14H17NO4. The van der Waals surface area contributed by atoms with Crippen LogP contribution in [0, 0.1) is 18.8 Å². The fourth-order valence-corrected chi connectivity index (χ4v) is 2.13. The summed E-state index contributed by atoms with van der Waals surface area (Å²) < 4.78 is 5.16. The molecule has 0 radical (unpaired) electrons. The quantitative estimate of drug-likeness (QED) is 0.840. The van der Waals surface area contributed by atoms with Gasteiger partial charge < -0.3 is 15.2 Å². The summed E-state index contributed by atoms with van der Waals surface area (Å²) >= 11 is 0. The molecule has 1 fully saturated rings. The molecule has 19 heavy (non-hydrogen) atoms. The molecular weight excluding hydrogens is 246 g/mol. The highest BCUT2D eigenvalue weighted by atomic mass is 16.5. The standard InChI is InChI=1S/C14H17NO4/c1-8-5-9(3-4-12(8)19-2)7-15-13(16)10-6-11(10)14(17)18/h3-5,10-11H,6-7H2,1-2H3,(H,15,16)(H,17,18)/t10-,11-/m1/s1. The number of ether oxygens (including phenoxy) is 1.